The lowest BCUT2D eigenvalue weighted by atomic mass is 10.0. The van der Waals surface area contributed by atoms with Gasteiger partial charge < -0.3 is 10.6 Å². The molecule has 2 N–H and O–H groups in total. The Kier molecular flexibility index (Phi) is 6.57. The van der Waals surface area contributed by atoms with Gasteiger partial charge in [0.2, 0.25) is 5.91 Å². The molecule has 0 unspecified atom stereocenters. The Morgan fingerprint density at radius 3 is 2.42 bits per heavy atom. The number of carbonyl (C=O) groups is 1. The Balaban J connectivity index is 2.24. The van der Waals surface area contributed by atoms with E-state index < -0.39 is 0 Å². The Bertz CT molecular complexity index is 376. The van der Waals surface area contributed by atoms with Gasteiger partial charge in [-0.05, 0) is 30.7 Å². The molecule has 0 heterocycles. The Labute approximate surface area is 116 Å². The molecular formula is C16H26N2O. The molecule has 0 fully saturated rings. The molecule has 19 heavy (non-hydrogen) atoms. The number of nitrogens with zero attached hydrogens (tertiary/aromatic N) is 1. The van der Waals surface area contributed by atoms with E-state index in [2.05, 4.69) is 24.3 Å². The maximum atomic E-state index is 11.9. The van der Waals surface area contributed by atoms with Crippen LogP contribution in [0, 0.1) is 5.92 Å². The van der Waals surface area contributed by atoms with Crippen molar-refractivity contribution >= 4 is 5.91 Å². The second kappa shape index (κ2) is 7.95. The van der Waals surface area contributed by atoms with E-state index in [0.717, 1.165) is 25.8 Å². The van der Waals surface area contributed by atoms with E-state index in [4.69, 9.17) is 5.73 Å². The average molecular weight is 262 g/mol. The molecule has 0 saturated carbocycles. The zero-order valence-electron chi connectivity index (χ0n) is 12.3. The van der Waals surface area contributed by atoms with E-state index >= 15 is 0 Å². The number of aryl methyl sites for hydroxylation is 1. The molecule has 1 aromatic rings. The van der Waals surface area contributed by atoms with Gasteiger partial charge in [-0.2, -0.15) is 0 Å². The molecule has 0 aromatic heterocycles. The van der Waals surface area contributed by atoms with Gasteiger partial charge in [0, 0.05) is 13.6 Å². The predicted octanol–water partition coefficient (Wildman–Crippen LogP) is 2.45. The minimum Gasteiger partial charge on any atom is -0.344 e. The quantitative estimate of drug-likeness (QED) is 0.767. The number of nitrogens with two attached hydrogens (primary N) is 1. The van der Waals surface area contributed by atoms with Crippen molar-refractivity contribution in [2.24, 2.45) is 11.7 Å². The van der Waals surface area contributed by atoms with Crippen molar-refractivity contribution in [3.63, 3.8) is 0 Å². The molecule has 106 valence electrons. The molecule has 3 heteroatoms. The molecule has 3 nitrogen and oxygen atoms in total. The van der Waals surface area contributed by atoms with Gasteiger partial charge in [-0.3, -0.25) is 4.79 Å². The van der Waals surface area contributed by atoms with Crippen LogP contribution in [0.5, 0.6) is 0 Å². The van der Waals surface area contributed by atoms with E-state index in [1.807, 2.05) is 27.0 Å². The minimum absolute atomic E-state index is 0.0507. The third-order valence-electron chi connectivity index (χ3n) is 3.43. The fourth-order valence-electron chi connectivity index (χ4n) is 1.97. The SMILES string of the molecule is CC(C)[C@H](N)C(=O)N(C)CCCCc1ccccc1. The first kappa shape index (κ1) is 15.7. The molecule has 1 rings (SSSR count). The number of hydrogen-bond donors (Lipinski definition) is 1. The minimum atomic E-state index is -0.376. The number of carbonyl (C=O) groups excluding carboxylic acids is 1. The number of rotatable bonds is 7. The number of amides is 1. The molecule has 0 spiro atoms. The van der Waals surface area contributed by atoms with Crippen LogP contribution in [0.3, 0.4) is 0 Å². The van der Waals surface area contributed by atoms with Crippen molar-refractivity contribution in [1.82, 2.24) is 4.90 Å². The summed E-state index contributed by atoms with van der Waals surface area (Å²) < 4.78 is 0. The molecule has 0 saturated heterocycles. The highest BCUT2D eigenvalue weighted by Crippen LogP contribution is 2.07. The van der Waals surface area contributed by atoms with Crippen molar-refractivity contribution in [2.45, 2.75) is 39.2 Å². The van der Waals surface area contributed by atoms with Crippen molar-refractivity contribution in [3.05, 3.63) is 35.9 Å². The topological polar surface area (TPSA) is 46.3 Å². The molecule has 1 amide bonds. The van der Waals surface area contributed by atoms with Crippen LogP contribution >= 0.6 is 0 Å². The summed E-state index contributed by atoms with van der Waals surface area (Å²) in [6.07, 6.45) is 3.18. The first-order valence-electron chi connectivity index (χ1n) is 7.07. The number of unbranched alkanes of at least 4 members (excludes halogenated alkanes) is 1. The molecule has 0 aliphatic heterocycles. The van der Waals surface area contributed by atoms with Crippen LogP contribution in [-0.4, -0.2) is 30.4 Å². The van der Waals surface area contributed by atoms with E-state index in [9.17, 15) is 4.79 Å². The van der Waals surface area contributed by atoms with E-state index in [-0.39, 0.29) is 17.9 Å². The summed E-state index contributed by atoms with van der Waals surface area (Å²) >= 11 is 0. The van der Waals surface area contributed by atoms with Crippen LogP contribution in [-0.2, 0) is 11.2 Å². The fraction of sp³-hybridized carbons (Fsp3) is 0.562. The predicted molar refractivity (Wildman–Crippen MR) is 79.8 cm³/mol. The van der Waals surface area contributed by atoms with Gasteiger partial charge in [0.1, 0.15) is 0 Å². The molecule has 0 bridgehead atoms. The van der Waals surface area contributed by atoms with Crippen molar-refractivity contribution in [3.8, 4) is 0 Å². The van der Waals surface area contributed by atoms with E-state index in [1.165, 1.54) is 5.56 Å². The summed E-state index contributed by atoms with van der Waals surface area (Å²) in [7, 11) is 1.84. The first-order valence-corrected chi connectivity index (χ1v) is 7.07. The van der Waals surface area contributed by atoms with Gasteiger partial charge >= 0.3 is 0 Å². The Morgan fingerprint density at radius 1 is 1.21 bits per heavy atom. The summed E-state index contributed by atoms with van der Waals surface area (Å²) in [5.41, 5.74) is 7.22. The van der Waals surface area contributed by atoms with Gasteiger partial charge in [0.15, 0.2) is 0 Å². The van der Waals surface area contributed by atoms with E-state index in [1.54, 1.807) is 4.90 Å². The summed E-state index contributed by atoms with van der Waals surface area (Å²) in [4.78, 5) is 13.7. The standard InChI is InChI=1S/C16H26N2O/c1-13(2)15(17)16(19)18(3)12-8-7-11-14-9-5-4-6-10-14/h4-6,9-10,13,15H,7-8,11-12,17H2,1-3H3/t15-/m0/s1. The van der Waals surface area contributed by atoms with Crippen LogP contribution in [0.4, 0.5) is 0 Å². The summed E-state index contributed by atoms with van der Waals surface area (Å²) in [6, 6.07) is 10.1. The lowest BCUT2D eigenvalue weighted by Crippen LogP contribution is -2.45. The summed E-state index contributed by atoms with van der Waals surface area (Å²) in [6.45, 7) is 4.74. The van der Waals surface area contributed by atoms with Gasteiger partial charge in [0.25, 0.3) is 0 Å². The second-order valence-electron chi connectivity index (χ2n) is 5.47. The summed E-state index contributed by atoms with van der Waals surface area (Å²) in [5, 5.41) is 0. The van der Waals surface area contributed by atoms with Crippen LogP contribution in [0.25, 0.3) is 0 Å². The lowest BCUT2D eigenvalue weighted by molar-refractivity contribution is -0.132. The Morgan fingerprint density at radius 2 is 1.84 bits per heavy atom. The smallest absolute Gasteiger partial charge is 0.239 e. The van der Waals surface area contributed by atoms with Gasteiger partial charge in [-0.15, -0.1) is 0 Å². The monoisotopic (exact) mass is 262 g/mol. The molecule has 0 radical (unpaired) electrons. The number of benzene rings is 1. The highest BCUT2D eigenvalue weighted by Gasteiger charge is 2.20. The maximum Gasteiger partial charge on any atom is 0.239 e. The van der Waals surface area contributed by atoms with Gasteiger partial charge in [0.05, 0.1) is 6.04 Å². The maximum absolute atomic E-state index is 11.9. The average Bonchev–Trinajstić information content (AvgIpc) is 2.42. The highest BCUT2D eigenvalue weighted by atomic mass is 16.2. The lowest BCUT2D eigenvalue weighted by Gasteiger charge is -2.23. The van der Waals surface area contributed by atoms with Crippen molar-refractivity contribution in [2.75, 3.05) is 13.6 Å². The van der Waals surface area contributed by atoms with Crippen molar-refractivity contribution in [1.29, 1.82) is 0 Å². The van der Waals surface area contributed by atoms with Crippen LogP contribution in [0.15, 0.2) is 30.3 Å². The number of hydrogen-bond acceptors (Lipinski definition) is 2. The largest absolute Gasteiger partial charge is 0.344 e. The van der Waals surface area contributed by atoms with Crippen LogP contribution < -0.4 is 5.73 Å². The molecule has 0 aliphatic rings. The molecule has 1 atom stereocenters. The first-order chi connectivity index (χ1) is 9.02. The zero-order chi connectivity index (χ0) is 14.3. The third-order valence-corrected chi connectivity index (χ3v) is 3.43. The third kappa shape index (κ3) is 5.43. The van der Waals surface area contributed by atoms with E-state index in [0.29, 0.717) is 0 Å². The zero-order valence-corrected chi connectivity index (χ0v) is 12.3. The van der Waals surface area contributed by atoms with Crippen LogP contribution in [0.1, 0.15) is 32.3 Å². The van der Waals surface area contributed by atoms with Crippen LogP contribution in [0.2, 0.25) is 0 Å². The van der Waals surface area contributed by atoms with Crippen molar-refractivity contribution < 1.29 is 4.79 Å². The molecule has 0 aliphatic carbocycles. The van der Waals surface area contributed by atoms with Gasteiger partial charge in [-0.25, -0.2) is 0 Å². The molecular weight excluding hydrogens is 236 g/mol. The highest BCUT2D eigenvalue weighted by molar-refractivity contribution is 5.81. The number of likely N-dealkylation sites (N-methyl/N-ethyl adjacent to an activating group) is 1. The van der Waals surface area contributed by atoms with Gasteiger partial charge in [-0.1, -0.05) is 44.2 Å². The molecule has 1 aromatic carbocycles. The second-order valence-corrected chi connectivity index (χ2v) is 5.47. The fourth-order valence-corrected chi connectivity index (χ4v) is 1.97. The summed E-state index contributed by atoms with van der Waals surface area (Å²) in [5.74, 6) is 0.244. The Hall–Kier alpha value is -1.35. The normalized spacial score (nSPS) is 12.5.